The lowest BCUT2D eigenvalue weighted by molar-refractivity contribution is 0.00578. The van der Waals surface area contributed by atoms with Crippen LogP contribution in [0.25, 0.3) is 0 Å². The molecule has 2 heterocycles. The molecule has 0 N–H and O–H groups in total. The number of nitriles is 1. The summed E-state index contributed by atoms with van der Waals surface area (Å²) in [6.45, 7) is 8.74. The highest BCUT2D eigenvalue weighted by Gasteiger charge is 2.51. The van der Waals surface area contributed by atoms with Crippen molar-refractivity contribution in [2.24, 2.45) is 5.92 Å². The molecule has 0 aromatic heterocycles. The van der Waals surface area contributed by atoms with Crippen LogP contribution in [0.2, 0.25) is 0 Å². The molecule has 1 aromatic carbocycles. The van der Waals surface area contributed by atoms with Gasteiger partial charge in [0.05, 0.1) is 17.3 Å². The molecule has 5 nitrogen and oxygen atoms in total. The summed E-state index contributed by atoms with van der Waals surface area (Å²) in [4.78, 5) is 14.4. The van der Waals surface area contributed by atoms with E-state index in [0.29, 0.717) is 31.4 Å². The molecule has 2 saturated heterocycles. The molecular formula is C19H24BFN2O3. The monoisotopic (exact) mass is 358 g/mol. The standard InChI is InChI=1S/C19H24BFN2O3/c1-18(2)19(3,4)26-20(25-18)15-9-14(10-16(21)11-15)17(24)23-7-5-13(12-22)6-8-23/h9-11,13H,5-8H2,1-4H3. The van der Waals surface area contributed by atoms with E-state index < -0.39 is 24.1 Å². The maximum Gasteiger partial charge on any atom is 0.494 e. The number of carbonyl (C=O) groups excluding carboxylic acids is 1. The Morgan fingerprint density at radius 1 is 1.19 bits per heavy atom. The van der Waals surface area contributed by atoms with Crippen LogP contribution < -0.4 is 5.46 Å². The van der Waals surface area contributed by atoms with Crippen LogP contribution >= 0.6 is 0 Å². The van der Waals surface area contributed by atoms with E-state index in [1.165, 1.54) is 12.1 Å². The second-order valence-corrected chi connectivity index (χ2v) is 8.06. The number of likely N-dealkylation sites (tertiary alicyclic amines) is 1. The van der Waals surface area contributed by atoms with Gasteiger partial charge in [-0.05, 0) is 64.2 Å². The van der Waals surface area contributed by atoms with Crippen LogP contribution in [0.1, 0.15) is 50.9 Å². The smallest absolute Gasteiger partial charge is 0.399 e. The lowest BCUT2D eigenvalue weighted by atomic mass is 9.78. The van der Waals surface area contributed by atoms with Crippen LogP contribution in [0.15, 0.2) is 18.2 Å². The van der Waals surface area contributed by atoms with Crippen molar-refractivity contribution in [3.05, 3.63) is 29.6 Å². The van der Waals surface area contributed by atoms with Gasteiger partial charge >= 0.3 is 7.12 Å². The first-order valence-corrected chi connectivity index (χ1v) is 8.98. The molecule has 0 aliphatic carbocycles. The molecule has 2 fully saturated rings. The third kappa shape index (κ3) is 3.49. The molecule has 138 valence electrons. The molecule has 1 aromatic rings. The third-order valence-corrected chi connectivity index (χ3v) is 5.66. The maximum absolute atomic E-state index is 14.2. The highest BCUT2D eigenvalue weighted by Crippen LogP contribution is 2.36. The van der Waals surface area contributed by atoms with Gasteiger partial charge in [-0.15, -0.1) is 0 Å². The van der Waals surface area contributed by atoms with Gasteiger partial charge in [-0.3, -0.25) is 4.79 Å². The Balaban J connectivity index is 1.81. The summed E-state index contributed by atoms with van der Waals surface area (Å²) in [5, 5.41) is 8.98. The number of rotatable bonds is 2. The number of carbonyl (C=O) groups is 1. The molecule has 26 heavy (non-hydrogen) atoms. The first-order valence-electron chi connectivity index (χ1n) is 8.98. The third-order valence-electron chi connectivity index (χ3n) is 5.66. The van der Waals surface area contributed by atoms with Gasteiger partial charge in [0, 0.05) is 24.6 Å². The van der Waals surface area contributed by atoms with E-state index in [9.17, 15) is 9.18 Å². The Morgan fingerprint density at radius 3 is 2.31 bits per heavy atom. The maximum atomic E-state index is 14.2. The van der Waals surface area contributed by atoms with Gasteiger partial charge in [0.15, 0.2) is 0 Å². The number of halogens is 1. The van der Waals surface area contributed by atoms with Crippen molar-refractivity contribution in [1.29, 1.82) is 5.26 Å². The number of hydrogen-bond acceptors (Lipinski definition) is 4. The number of hydrogen-bond donors (Lipinski definition) is 0. The van der Waals surface area contributed by atoms with E-state index in [1.807, 2.05) is 27.7 Å². The van der Waals surface area contributed by atoms with Crippen molar-refractivity contribution in [2.75, 3.05) is 13.1 Å². The Bertz CT molecular complexity index is 736. The summed E-state index contributed by atoms with van der Waals surface area (Å²) in [7, 11) is -0.716. The van der Waals surface area contributed by atoms with Crippen molar-refractivity contribution in [2.45, 2.75) is 51.7 Å². The molecule has 2 aliphatic rings. The Hall–Kier alpha value is -1.91. The van der Waals surface area contributed by atoms with Gasteiger partial charge in [0.1, 0.15) is 5.82 Å². The summed E-state index contributed by atoms with van der Waals surface area (Å²) in [5.74, 6) is -0.724. The Morgan fingerprint density at radius 2 is 1.77 bits per heavy atom. The van der Waals surface area contributed by atoms with Crippen molar-refractivity contribution in [3.8, 4) is 6.07 Å². The van der Waals surface area contributed by atoms with Gasteiger partial charge in [-0.25, -0.2) is 4.39 Å². The summed E-state index contributed by atoms with van der Waals surface area (Å²) in [5.41, 5.74) is -0.287. The molecule has 0 spiro atoms. The van der Waals surface area contributed by atoms with Gasteiger partial charge in [-0.2, -0.15) is 5.26 Å². The van der Waals surface area contributed by atoms with E-state index in [0.717, 1.165) is 0 Å². The second kappa shape index (κ2) is 6.68. The molecule has 2 aliphatic heterocycles. The van der Waals surface area contributed by atoms with Gasteiger partial charge < -0.3 is 14.2 Å². The van der Waals surface area contributed by atoms with Crippen LogP contribution in [0.5, 0.6) is 0 Å². The topological polar surface area (TPSA) is 62.6 Å². The quantitative estimate of drug-likeness (QED) is 0.762. The van der Waals surface area contributed by atoms with Gasteiger partial charge in [-0.1, -0.05) is 0 Å². The van der Waals surface area contributed by atoms with Crippen LogP contribution in [0.4, 0.5) is 4.39 Å². The minimum absolute atomic E-state index is 0.00753. The molecule has 0 atom stereocenters. The van der Waals surface area contributed by atoms with Crippen LogP contribution in [0, 0.1) is 23.1 Å². The highest BCUT2D eigenvalue weighted by molar-refractivity contribution is 6.62. The lowest BCUT2D eigenvalue weighted by Crippen LogP contribution is -2.41. The van der Waals surface area contributed by atoms with Crippen molar-refractivity contribution >= 4 is 18.5 Å². The molecule has 0 radical (unpaired) electrons. The Labute approximate surface area is 154 Å². The zero-order chi connectivity index (χ0) is 19.1. The van der Waals surface area contributed by atoms with E-state index in [2.05, 4.69) is 6.07 Å². The number of nitrogens with zero attached hydrogens (tertiary/aromatic N) is 2. The van der Waals surface area contributed by atoms with E-state index in [1.54, 1.807) is 11.0 Å². The summed E-state index contributed by atoms with van der Waals surface area (Å²) in [6, 6.07) is 6.48. The van der Waals surface area contributed by atoms with Gasteiger partial charge in [0.2, 0.25) is 0 Å². The zero-order valence-corrected chi connectivity index (χ0v) is 15.7. The normalized spacial score (nSPS) is 22.3. The largest absolute Gasteiger partial charge is 0.494 e. The van der Waals surface area contributed by atoms with Gasteiger partial charge in [0.25, 0.3) is 5.91 Å². The molecule has 0 unspecified atom stereocenters. The predicted molar refractivity (Wildman–Crippen MR) is 96.4 cm³/mol. The second-order valence-electron chi connectivity index (χ2n) is 8.06. The lowest BCUT2D eigenvalue weighted by Gasteiger charge is -2.32. The zero-order valence-electron chi connectivity index (χ0n) is 15.7. The molecule has 0 bridgehead atoms. The summed E-state index contributed by atoms with van der Waals surface area (Å²) in [6.07, 6.45) is 1.31. The fraction of sp³-hybridized carbons (Fsp3) is 0.579. The highest BCUT2D eigenvalue weighted by atomic mass is 19.1. The first kappa shape index (κ1) is 18.9. The molecular weight excluding hydrogens is 334 g/mol. The van der Waals surface area contributed by atoms with E-state index in [4.69, 9.17) is 14.6 Å². The SMILES string of the molecule is CC1(C)OB(c2cc(F)cc(C(=O)N3CCC(C#N)CC3)c2)OC1(C)C. The fourth-order valence-electron chi connectivity index (χ4n) is 3.25. The number of benzene rings is 1. The average molecular weight is 358 g/mol. The molecule has 0 saturated carbocycles. The molecule has 3 rings (SSSR count). The number of piperidine rings is 1. The Kier molecular flexibility index (Phi) is 4.85. The molecule has 1 amide bonds. The predicted octanol–water partition coefficient (Wildman–Crippen LogP) is 2.50. The summed E-state index contributed by atoms with van der Waals surface area (Å²) >= 11 is 0. The minimum atomic E-state index is -0.716. The van der Waals surface area contributed by atoms with Crippen molar-refractivity contribution in [1.82, 2.24) is 4.90 Å². The first-order chi connectivity index (χ1) is 12.1. The van der Waals surface area contributed by atoms with Crippen LogP contribution in [0.3, 0.4) is 0 Å². The van der Waals surface area contributed by atoms with Crippen LogP contribution in [-0.2, 0) is 9.31 Å². The van der Waals surface area contributed by atoms with Crippen LogP contribution in [-0.4, -0.2) is 42.2 Å². The van der Waals surface area contributed by atoms with Crippen molar-refractivity contribution in [3.63, 3.8) is 0 Å². The van der Waals surface area contributed by atoms with E-state index >= 15 is 0 Å². The average Bonchev–Trinajstić information content (AvgIpc) is 2.81. The number of amides is 1. The summed E-state index contributed by atoms with van der Waals surface area (Å²) < 4.78 is 26.1. The fourth-order valence-corrected chi connectivity index (χ4v) is 3.25. The van der Waals surface area contributed by atoms with Crippen molar-refractivity contribution < 1.29 is 18.5 Å². The minimum Gasteiger partial charge on any atom is -0.399 e. The van der Waals surface area contributed by atoms with E-state index in [-0.39, 0.29) is 17.4 Å². The molecule has 7 heteroatoms.